The molecule has 2 rings (SSSR count). The number of hydrogen-bond donors (Lipinski definition) is 1. The van der Waals surface area contributed by atoms with E-state index in [0.29, 0.717) is 6.08 Å². The average Bonchev–Trinajstić information content (AvgIpc) is 2.42. The largest absolute Gasteiger partial charge is 1.00 e. The molecule has 1 aliphatic rings. The Bertz CT molecular complexity index is 702. The molecule has 0 aromatic heterocycles. The Balaban J connectivity index is 0.00000312. The number of benzene rings is 1. The van der Waals surface area contributed by atoms with Gasteiger partial charge in [-0.3, -0.25) is 0 Å². The fourth-order valence-electron chi connectivity index (χ4n) is 2.23. The molecule has 0 radical (unpaired) electrons. The van der Waals surface area contributed by atoms with Crippen LogP contribution >= 0.6 is 0 Å². The van der Waals surface area contributed by atoms with Gasteiger partial charge in [0, 0.05) is 5.56 Å². The Hall–Kier alpha value is -1.39. The van der Waals surface area contributed by atoms with Gasteiger partial charge in [-0.25, -0.2) is 4.79 Å². The Morgan fingerprint density at radius 3 is 2.32 bits per heavy atom. The summed E-state index contributed by atoms with van der Waals surface area (Å²) in [4.78, 5) is 11.0. The van der Waals surface area contributed by atoms with E-state index >= 15 is 0 Å². The summed E-state index contributed by atoms with van der Waals surface area (Å²) in [7, 11) is 0. The van der Waals surface area contributed by atoms with E-state index in [1.165, 1.54) is 6.92 Å². The Morgan fingerprint density at radius 2 is 1.88 bits per heavy atom. The van der Waals surface area contributed by atoms with E-state index in [2.05, 4.69) is 4.74 Å². The van der Waals surface area contributed by atoms with E-state index in [-0.39, 0.29) is 54.3 Å². The molecule has 0 unspecified atom stereocenters. The van der Waals surface area contributed by atoms with Gasteiger partial charge in [-0.15, -0.1) is 13.2 Å². The third-order valence-corrected chi connectivity index (χ3v) is 3.16. The van der Waals surface area contributed by atoms with Crippen LogP contribution in [0.1, 0.15) is 19.5 Å². The van der Waals surface area contributed by atoms with Crippen molar-refractivity contribution in [1.82, 2.24) is 0 Å². The van der Waals surface area contributed by atoms with Gasteiger partial charge in [-0.05, 0) is 30.2 Å². The first-order chi connectivity index (χ1) is 10.9. The minimum Gasteiger partial charge on any atom is -1.00 e. The first-order valence-electron chi connectivity index (χ1n) is 6.53. The fourth-order valence-corrected chi connectivity index (χ4v) is 2.23. The van der Waals surface area contributed by atoms with Gasteiger partial charge in [0.15, 0.2) is 0 Å². The number of carbonyl (C=O) groups is 1. The summed E-state index contributed by atoms with van der Waals surface area (Å²) < 4.78 is 84.4. The molecule has 1 aromatic carbocycles. The van der Waals surface area contributed by atoms with Crippen molar-refractivity contribution in [3.63, 3.8) is 0 Å². The van der Waals surface area contributed by atoms with Crippen LogP contribution in [0, 0.1) is 0 Å². The Morgan fingerprint density at radius 1 is 1.28 bits per heavy atom. The molecule has 1 N–H and O–H groups in total. The second kappa shape index (κ2) is 7.46. The van der Waals surface area contributed by atoms with E-state index < -0.39 is 35.9 Å². The number of hydrogen-bond acceptors (Lipinski definition) is 3. The van der Waals surface area contributed by atoms with Gasteiger partial charge >= 0.3 is 48.1 Å². The van der Waals surface area contributed by atoms with Crippen LogP contribution in [0.15, 0.2) is 17.7 Å². The molecule has 1 heterocycles. The molecule has 1 atom stereocenters. The molecule has 0 spiro atoms. The minimum absolute atomic E-state index is 0. The summed E-state index contributed by atoms with van der Waals surface area (Å²) in [5.74, 6) is -2.88. The fraction of sp³-hybridized carbons (Fsp3) is 0.357. The zero-order valence-electron chi connectivity index (χ0n) is 14.0. The van der Waals surface area contributed by atoms with Crippen LogP contribution in [-0.4, -0.2) is 29.7 Å². The molecule has 134 valence electrons. The topological polar surface area (TPSA) is 55.8 Å². The number of alkyl halides is 6. The number of ether oxygens (including phenoxy) is 2. The van der Waals surface area contributed by atoms with Crippen LogP contribution in [0.2, 0.25) is 0 Å². The SMILES string of the molecule is CCc1cc(OC(F)(F)F)cc2c1O[C@@H](C(F)(F)F)C(C(=O)O)=C2.[H-].[Na+]. The van der Waals surface area contributed by atoms with Crippen molar-refractivity contribution in [3.05, 3.63) is 28.8 Å². The predicted octanol–water partition coefficient (Wildman–Crippen LogP) is 1.06. The number of aryl methyl sites for hydroxylation is 1. The van der Waals surface area contributed by atoms with Crippen molar-refractivity contribution >= 4 is 12.0 Å². The standard InChI is InChI=1S/C14H10F6O4.Na.H/c1-2-6-3-8(24-14(18,19)20)4-7-5-9(12(21)22)11(13(15,16)17)23-10(6)7;;/h3-5,11H,2H2,1H3,(H,21,22);;/q;+1;-1/t11-;;/m1../s1. The van der Waals surface area contributed by atoms with E-state index in [4.69, 9.17) is 9.84 Å². The van der Waals surface area contributed by atoms with E-state index in [1.807, 2.05) is 0 Å². The van der Waals surface area contributed by atoms with Gasteiger partial charge in [0.1, 0.15) is 11.5 Å². The minimum atomic E-state index is -5.00. The van der Waals surface area contributed by atoms with Crippen LogP contribution in [-0.2, 0) is 11.2 Å². The molecule has 0 bridgehead atoms. The first-order valence-corrected chi connectivity index (χ1v) is 6.53. The number of carboxylic acid groups (broad SMARTS) is 1. The molecular formula is C14H11F6NaO4. The van der Waals surface area contributed by atoms with Gasteiger partial charge in [0.05, 0.1) is 5.57 Å². The maximum atomic E-state index is 13.0. The summed E-state index contributed by atoms with van der Waals surface area (Å²) in [5, 5.41) is 8.92. The third-order valence-electron chi connectivity index (χ3n) is 3.16. The Kier molecular flexibility index (Phi) is 6.47. The van der Waals surface area contributed by atoms with Gasteiger partial charge in [0.2, 0.25) is 6.10 Å². The molecule has 0 saturated carbocycles. The van der Waals surface area contributed by atoms with Crippen LogP contribution in [0.25, 0.3) is 6.08 Å². The second-order valence-corrected chi connectivity index (χ2v) is 4.85. The molecule has 4 nitrogen and oxygen atoms in total. The van der Waals surface area contributed by atoms with Crippen molar-refractivity contribution in [2.45, 2.75) is 32.0 Å². The van der Waals surface area contributed by atoms with E-state index in [0.717, 1.165) is 12.1 Å². The molecule has 0 amide bonds. The van der Waals surface area contributed by atoms with Crippen LogP contribution in [0.5, 0.6) is 11.5 Å². The monoisotopic (exact) mass is 380 g/mol. The summed E-state index contributed by atoms with van der Waals surface area (Å²) in [5.41, 5.74) is -1.32. The molecule has 0 aliphatic carbocycles. The molecule has 0 saturated heterocycles. The van der Waals surface area contributed by atoms with Crippen LogP contribution < -0.4 is 39.0 Å². The van der Waals surface area contributed by atoms with Crippen molar-refractivity contribution in [3.8, 4) is 11.5 Å². The van der Waals surface area contributed by atoms with Crippen LogP contribution in [0.4, 0.5) is 26.3 Å². The predicted molar refractivity (Wildman–Crippen MR) is 69.7 cm³/mol. The number of rotatable bonds is 3. The smallest absolute Gasteiger partial charge is 1.00 e. The van der Waals surface area contributed by atoms with Crippen LogP contribution in [0.3, 0.4) is 0 Å². The molecular weight excluding hydrogens is 369 g/mol. The molecule has 1 aliphatic heterocycles. The maximum absolute atomic E-state index is 13.0. The van der Waals surface area contributed by atoms with Crippen molar-refractivity contribution < 1.29 is 76.7 Å². The molecule has 11 heteroatoms. The van der Waals surface area contributed by atoms with E-state index in [1.54, 1.807) is 0 Å². The van der Waals surface area contributed by atoms with Gasteiger partial charge in [-0.1, -0.05) is 6.92 Å². The average molecular weight is 380 g/mol. The van der Waals surface area contributed by atoms with E-state index in [9.17, 15) is 31.1 Å². The van der Waals surface area contributed by atoms with Crippen molar-refractivity contribution in [2.75, 3.05) is 0 Å². The van der Waals surface area contributed by atoms with Crippen molar-refractivity contribution in [2.24, 2.45) is 0 Å². The Labute approximate surface area is 161 Å². The number of halogens is 6. The van der Waals surface area contributed by atoms with Crippen molar-refractivity contribution in [1.29, 1.82) is 0 Å². The zero-order valence-corrected chi connectivity index (χ0v) is 15.0. The second-order valence-electron chi connectivity index (χ2n) is 4.85. The summed E-state index contributed by atoms with van der Waals surface area (Å²) in [6.07, 6.45) is -12.0. The van der Waals surface area contributed by atoms with Gasteiger partial charge in [0.25, 0.3) is 0 Å². The number of carboxylic acids is 1. The quantitative estimate of drug-likeness (QED) is 0.630. The molecule has 25 heavy (non-hydrogen) atoms. The van der Waals surface area contributed by atoms with Gasteiger partial charge in [-0.2, -0.15) is 13.2 Å². The summed E-state index contributed by atoms with van der Waals surface area (Å²) in [6.45, 7) is 1.50. The third kappa shape index (κ3) is 5.05. The summed E-state index contributed by atoms with van der Waals surface area (Å²) >= 11 is 0. The number of fused-ring (bicyclic) bond motifs is 1. The molecule has 0 fully saturated rings. The normalized spacial score (nSPS) is 16.9. The first kappa shape index (κ1) is 21.7. The number of aliphatic carboxylic acids is 1. The molecule has 1 aromatic rings. The maximum Gasteiger partial charge on any atom is 1.00 e. The zero-order chi connectivity index (χ0) is 18.3. The summed E-state index contributed by atoms with van der Waals surface area (Å²) in [6, 6.07) is 1.68. The van der Waals surface area contributed by atoms with Gasteiger partial charge < -0.3 is 16.0 Å².